The summed E-state index contributed by atoms with van der Waals surface area (Å²) < 4.78 is 0. The molecule has 0 spiro atoms. The summed E-state index contributed by atoms with van der Waals surface area (Å²) in [6, 6.07) is 0. The fourth-order valence-corrected chi connectivity index (χ4v) is 1.21. The SMILES string of the molecule is C=C=CC(=CCC(C)=CC)CC(C)C. The van der Waals surface area contributed by atoms with Gasteiger partial charge < -0.3 is 0 Å². The Labute approximate surface area is 88.7 Å². The van der Waals surface area contributed by atoms with Crippen molar-refractivity contribution in [3.05, 3.63) is 41.7 Å². The van der Waals surface area contributed by atoms with Crippen LogP contribution in [0.4, 0.5) is 0 Å². The average molecular weight is 190 g/mol. The monoisotopic (exact) mass is 190 g/mol. The molecule has 0 aliphatic rings. The second-order valence-corrected chi connectivity index (χ2v) is 4.06. The van der Waals surface area contributed by atoms with Gasteiger partial charge in [-0.3, -0.25) is 0 Å². The van der Waals surface area contributed by atoms with E-state index in [9.17, 15) is 0 Å². The Balaban J connectivity index is 4.40. The summed E-state index contributed by atoms with van der Waals surface area (Å²) in [6.45, 7) is 12.3. The molecule has 0 rings (SSSR count). The van der Waals surface area contributed by atoms with Crippen molar-refractivity contribution in [2.45, 2.75) is 40.5 Å². The lowest BCUT2D eigenvalue weighted by Gasteiger charge is -2.05. The second-order valence-electron chi connectivity index (χ2n) is 4.06. The number of allylic oxidation sites excluding steroid dienone is 5. The van der Waals surface area contributed by atoms with Crippen molar-refractivity contribution in [1.29, 1.82) is 0 Å². The lowest BCUT2D eigenvalue weighted by atomic mass is 10.0. The van der Waals surface area contributed by atoms with E-state index in [1.54, 1.807) is 0 Å². The Hall–Kier alpha value is -1.00. The van der Waals surface area contributed by atoms with E-state index in [4.69, 9.17) is 0 Å². The van der Waals surface area contributed by atoms with Crippen molar-refractivity contribution in [2.75, 3.05) is 0 Å². The molecule has 0 amide bonds. The van der Waals surface area contributed by atoms with Crippen LogP contribution in [0.5, 0.6) is 0 Å². The third-order valence-electron chi connectivity index (χ3n) is 2.11. The van der Waals surface area contributed by atoms with Gasteiger partial charge >= 0.3 is 0 Å². The van der Waals surface area contributed by atoms with Crippen molar-refractivity contribution in [2.24, 2.45) is 5.92 Å². The highest BCUT2D eigenvalue weighted by molar-refractivity contribution is 5.20. The van der Waals surface area contributed by atoms with E-state index in [1.165, 1.54) is 11.1 Å². The third-order valence-corrected chi connectivity index (χ3v) is 2.11. The van der Waals surface area contributed by atoms with Crippen LogP contribution < -0.4 is 0 Å². The molecule has 0 heteroatoms. The lowest BCUT2D eigenvalue weighted by molar-refractivity contribution is 0.648. The Morgan fingerprint density at radius 1 is 1.43 bits per heavy atom. The van der Waals surface area contributed by atoms with Gasteiger partial charge in [0.15, 0.2) is 0 Å². The summed E-state index contributed by atoms with van der Waals surface area (Å²) in [5.74, 6) is 0.691. The van der Waals surface area contributed by atoms with Crippen LogP contribution in [0.15, 0.2) is 41.7 Å². The molecule has 14 heavy (non-hydrogen) atoms. The minimum absolute atomic E-state index is 0.691. The molecular weight excluding hydrogens is 168 g/mol. The molecule has 0 aromatic heterocycles. The van der Waals surface area contributed by atoms with Gasteiger partial charge in [-0.05, 0) is 44.3 Å². The first-order valence-corrected chi connectivity index (χ1v) is 5.26. The first-order valence-electron chi connectivity index (χ1n) is 5.26. The molecule has 0 nitrogen and oxygen atoms in total. The van der Waals surface area contributed by atoms with Crippen LogP contribution in [-0.4, -0.2) is 0 Å². The van der Waals surface area contributed by atoms with Crippen molar-refractivity contribution < 1.29 is 0 Å². The Kier molecular flexibility index (Phi) is 6.88. The molecule has 0 fully saturated rings. The fraction of sp³-hybridized carbons (Fsp3) is 0.500. The molecule has 0 saturated carbocycles. The van der Waals surface area contributed by atoms with Gasteiger partial charge in [0.1, 0.15) is 0 Å². The maximum atomic E-state index is 3.62. The van der Waals surface area contributed by atoms with Gasteiger partial charge in [0, 0.05) is 0 Å². The van der Waals surface area contributed by atoms with Crippen LogP contribution in [0.25, 0.3) is 0 Å². The van der Waals surface area contributed by atoms with Gasteiger partial charge in [-0.25, -0.2) is 0 Å². The first-order chi connectivity index (χ1) is 6.60. The summed E-state index contributed by atoms with van der Waals surface area (Å²) in [6.07, 6.45) is 8.56. The number of hydrogen-bond acceptors (Lipinski definition) is 0. The largest absolute Gasteiger partial charge is 0.128 e. The zero-order chi connectivity index (χ0) is 11.0. The Morgan fingerprint density at radius 2 is 2.07 bits per heavy atom. The maximum Gasteiger partial charge on any atom is -0.0136 e. The molecule has 0 aliphatic carbocycles. The quantitative estimate of drug-likeness (QED) is 0.336. The standard InChI is InChI=1S/C14H22/c1-6-8-14(11-12(3)4)10-9-13(5)7-2/h7-8,10,12H,1,9,11H2,2-5H3. The van der Waals surface area contributed by atoms with Gasteiger partial charge in [-0.15, -0.1) is 5.73 Å². The molecule has 0 saturated heterocycles. The normalized spacial score (nSPS) is 12.9. The van der Waals surface area contributed by atoms with E-state index in [-0.39, 0.29) is 0 Å². The smallest absolute Gasteiger partial charge is 0.0136 e. The van der Waals surface area contributed by atoms with Crippen LogP contribution >= 0.6 is 0 Å². The molecule has 0 unspecified atom stereocenters. The highest BCUT2D eigenvalue weighted by Gasteiger charge is 1.97. The molecule has 0 atom stereocenters. The van der Waals surface area contributed by atoms with Gasteiger partial charge in [0.25, 0.3) is 0 Å². The third kappa shape index (κ3) is 6.51. The molecule has 0 radical (unpaired) electrons. The summed E-state index contributed by atoms with van der Waals surface area (Å²) in [5, 5.41) is 0. The number of hydrogen-bond donors (Lipinski definition) is 0. The van der Waals surface area contributed by atoms with E-state index in [2.05, 4.69) is 52.2 Å². The van der Waals surface area contributed by atoms with Gasteiger partial charge in [-0.2, -0.15) is 0 Å². The summed E-state index contributed by atoms with van der Waals surface area (Å²) >= 11 is 0. The number of rotatable bonds is 5. The zero-order valence-electron chi connectivity index (χ0n) is 9.93. The second kappa shape index (κ2) is 7.41. The van der Waals surface area contributed by atoms with Gasteiger partial charge in [0.05, 0.1) is 0 Å². The van der Waals surface area contributed by atoms with E-state index >= 15 is 0 Å². The average Bonchev–Trinajstić information content (AvgIpc) is 2.13. The lowest BCUT2D eigenvalue weighted by Crippen LogP contribution is -1.89. The van der Waals surface area contributed by atoms with Crippen LogP contribution in [0.3, 0.4) is 0 Å². The van der Waals surface area contributed by atoms with Crippen molar-refractivity contribution >= 4 is 0 Å². The van der Waals surface area contributed by atoms with Crippen LogP contribution in [-0.2, 0) is 0 Å². The summed E-state index contributed by atoms with van der Waals surface area (Å²) in [5.41, 5.74) is 5.60. The predicted molar refractivity (Wildman–Crippen MR) is 65.3 cm³/mol. The molecule has 78 valence electrons. The van der Waals surface area contributed by atoms with Gasteiger partial charge in [0.2, 0.25) is 0 Å². The molecular formula is C14H22. The highest BCUT2D eigenvalue weighted by atomic mass is 14.0. The molecule has 0 bridgehead atoms. The minimum Gasteiger partial charge on any atom is -0.128 e. The molecule has 0 N–H and O–H groups in total. The predicted octanol–water partition coefficient (Wildman–Crippen LogP) is 4.66. The van der Waals surface area contributed by atoms with Crippen molar-refractivity contribution in [1.82, 2.24) is 0 Å². The zero-order valence-corrected chi connectivity index (χ0v) is 9.93. The van der Waals surface area contributed by atoms with Gasteiger partial charge in [-0.1, -0.05) is 38.2 Å². The molecule has 0 heterocycles. The minimum atomic E-state index is 0.691. The van der Waals surface area contributed by atoms with E-state index in [0.29, 0.717) is 5.92 Å². The van der Waals surface area contributed by atoms with E-state index < -0.39 is 0 Å². The topological polar surface area (TPSA) is 0 Å². The van der Waals surface area contributed by atoms with Crippen LogP contribution in [0.1, 0.15) is 40.5 Å². The van der Waals surface area contributed by atoms with Crippen LogP contribution in [0, 0.1) is 5.92 Å². The fourth-order valence-electron chi connectivity index (χ4n) is 1.21. The van der Waals surface area contributed by atoms with E-state index in [1.807, 2.05) is 6.08 Å². The van der Waals surface area contributed by atoms with Crippen LogP contribution in [0.2, 0.25) is 0 Å². The molecule has 0 aromatic carbocycles. The highest BCUT2D eigenvalue weighted by Crippen LogP contribution is 2.14. The Morgan fingerprint density at radius 3 is 2.50 bits per heavy atom. The van der Waals surface area contributed by atoms with Crippen molar-refractivity contribution in [3.63, 3.8) is 0 Å². The van der Waals surface area contributed by atoms with E-state index in [0.717, 1.165) is 12.8 Å². The summed E-state index contributed by atoms with van der Waals surface area (Å²) in [7, 11) is 0. The Bertz CT molecular complexity index is 258. The first kappa shape index (κ1) is 13.0. The maximum absolute atomic E-state index is 3.62. The summed E-state index contributed by atoms with van der Waals surface area (Å²) in [4.78, 5) is 0. The molecule has 0 aliphatic heterocycles. The molecule has 0 aromatic rings. The van der Waals surface area contributed by atoms with Crippen molar-refractivity contribution in [3.8, 4) is 0 Å².